The van der Waals surface area contributed by atoms with Gasteiger partial charge in [0, 0.05) is 24.4 Å². The van der Waals surface area contributed by atoms with Crippen molar-refractivity contribution in [1.82, 2.24) is 25.1 Å². The van der Waals surface area contributed by atoms with E-state index in [1.54, 1.807) is 11.3 Å². The standard InChI is InChI=1S/C17H18FN7S/c18-11-6-19-16(20-7-11)23-17-22-14-12-8-21-24-15(12)25(5-4-13(14)26-17)9-10-2-1-3-10/h6-8,10H,1-5,9H2,(H,21,24)(H,19,20,22,23). The molecule has 7 nitrogen and oxygen atoms in total. The molecule has 3 aromatic heterocycles. The molecule has 2 aliphatic rings. The Morgan fingerprint density at radius 1 is 1.27 bits per heavy atom. The number of fused-ring (bicyclic) bond motifs is 3. The average Bonchev–Trinajstić information content (AvgIpc) is 3.20. The average molecular weight is 371 g/mol. The number of aromatic amines is 1. The van der Waals surface area contributed by atoms with Crippen molar-refractivity contribution < 1.29 is 4.39 Å². The highest BCUT2D eigenvalue weighted by Crippen LogP contribution is 2.40. The molecule has 134 valence electrons. The number of anilines is 3. The van der Waals surface area contributed by atoms with E-state index < -0.39 is 5.82 Å². The number of rotatable bonds is 4. The second-order valence-electron chi connectivity index (χ2n) is 6.77. The quantitative estimate of drug-likeness (QED) is 0.732. The van der Waals surface area contributed by atoms with Gasteiger partial charge in [-0.1, -0.05) is 6.42 Å². The molecule has 4 heterocycles. The van der Waals surface area contributed by atoms with Crippen LogP contribution in [0, 0.1) is 11.7 Å². The van der Waals surface area contributed by atoms with Gasteiger partial charge in [0.2, 0.25) is 5.95 Å². The molecule has 1 aliphatic heterocycles. The molecule has 0 saturated heterocycles. The number of H-pyrrole nitrogens is 1. The van der Waals surface area contributed by atoms with Crippen molar-refractivity contribution in [3.8, 4) is 11.3 Å². The number of aromatic nitrogens is 5. The molecular weight excluding hydrogens is 353 g/mol. The zero-order valence-electron chi connectivity index (χ0n) is 14.1. The molecule has 3 aromatic rings. The van der Waals surface area contributed by atoms with Gasteiger partial charge in [-0.25, -0.2) is 19.3 Å². The zero-order chi connectivity index (χ0) is 17.5. The van der Waals surface area contributed by atoms with Crippen LogP contribution in [0.15, 0.2) is 18.6 Å². The van der Waals surface area contributed by atoms with Crippen molar-refractivity contribution in [2.24, 2.45) is 5.92 Å². The van der Waals surface area contributed by atoms with E-state index in [9.17, 15) is 4.39 Å². The molecule has 26 heavy (non-hydrogen) atoms. The molecule has 1 fully saturated rings. The fraction of sp³-hybridized carbons (Fsp3) is 0.412. The first-order valence-corrected chi connectivity index (χ1v) is 9.61. The number of nitrogens with one attached hydrogen (secondary N) is 2. The van der Waals surface area contributed by atoms with Gasteiger partial charge in [-0.05, 0) is 18.8 Å². The molecule has 1 saturated carbocycles. The van der Waals surface area contributed by atoms with Gasteiger partial charge in [0.1, 0.15) is 5.82 Å². The van der Waals surface area contributed by atoms with Gasteiger partial charge in [0.15, 0.2) is 10.9 Å². The molecule has 0 aromatic carbocycles. The first kappa shape index (κ1) is 15.7. The van der Waals surface area contributed by atoms with Crippen molar-refractivity contribution in [2.45, 2.75) is 25.7 Å². The van der Waals surface area contributed by atoms with Crippen molar-refractivity contribution in [2.75, 3.05) is 23.3 Å². The van der Waals surface area contributed by atoms with Crippen LogP contribution in [0.2, 0.25) is 0 Å². The Labute approximate surface area is 153 Å². The van der Waals surface area contributed by atoms with E-state index >= 15 is 0 Å². The van der Waals surface area contributed by atoms with Crippen molar-refractivity contribution >= 4 is 28.2 Å². The van der Waals surface area contributed by atoms with Crippen molar-refractivity contribution in [3.05, 3.63) is 29.3 Å². The number of halogens is 1. The minimum Gasteiger partial charge on any atom is -0.356 e. The molecule has 0 atom stereocenters. The molecule has 0 spiro atoms. The third-order valence-electron chi connectivity index (χ3n) is 5.04. The van der Waals surface area contributed by atoms with E-state index in [4.69, 9.17) is 4.98 Å². The molecule has 2 N–H and O–H groups in total. The minimum atomic E-state index is -0.458. The lowest BCUT2D eigenvalue weighted by molar-refractivity contribution is 0.317. The lowest BCUT2D eigenvalue weighted by Crippen LogP contribution is -2.34. The summed E-state index contributed by atoms with van der Waals surface area (Å²) in [6, 6.07) is 0. The van der Waals surface area contributed by atoms with E-state index in [0.717, 1.165) is 54.9 Å². The molecule has 0 unspecified atom stereocenters. The summed E-state index contributed by atoms with van der Waals surface area (Å²) in [5, 5.41) is 11.2. The van der Waals surface area contributed by atoms with Crippen molar-refractivity contribution in [1.29, 1.82) is 0 Å². The second-order valence-corrected chi connectivity index (χ2v) is 7.85. The number of nitrogens with zero attached hydrogens (tertiary/aromatic N) is 5. The van der Waals surface area contributed by atoms with E-state index in [0.29, 0.717) is 11.1 Å². The van der Waals surface area contributed by atoms with Crippen LogP contribution in [0.5, 0.6) is 0 Å². The van der Waals surface area contributed by atoms with Crippen LogP contribution in [0.4, 0.5) is 21.3 Å². The Morgan fingerprint density at radius 3 is 2.88 bits per heavy atom. The maximum absolute atomic E-state index is 13.0. The Balaban J connectivity index is 1.42. The van der Waals surface area contributed by atoms with Crippen molar-refractivity contribution in [3.63, 3.8) is 0 Å². The Morgan fingerprint density at radius 2 is 2.12 bits per heavy atom. The lowest BCUT2D eigenvalue weighted by atomic mass is 9.85. The van der Waals surface area contributed by atoms with Crippen LogP contribution in [-0.2, 0) is 6.42 Å². The highest BCUT2D eigenvalue weighted by atomic mass is 32.1. The Kier molecular flexibility index (Phi) is 3.81. The Bertz CT molecular complexity index is 916. The zero-order valence-corrected chi connectivity index (χ0v) is 14.9. The first-order chi connectivity index (χ1) is 12.8. The summed E-state index contributed by atoms with van der Waals surface area (Å²) in [4.78, 5) is 16.2. The summed E-state index contributed by atoms with van der Waals surface area (Å²) in [5.74, 6) is 1.74. The number of hydrogen-bond donors (Lipinski definition) is 2. The van der Waals surface area contributed by atoms with E-state index in [2.05, 4.69) is 30.4 Å². The molecule has 0 bridgehead atoms. The molecule has 0 amide bonds. The van der Waals surface area contributed by atoms with E-state index in [1.165, 1.54) is 24.1 Å². The fourth-order valence-corrected chi connectivity index (χ4v) is 4.43. The molecule has 9 heteroatoms. The maximum atomic E-state index is 13.0. The summed E-state index contributed by atoms with van der Waals surface area (Å²) in [5.41, 5.74) is 2.00. The largest absolute Gasteiger partial charge is 0.356 e. The lowest BCUT2D eigenvalue weighted by Gasteiger charge is -2.32. The highest BCUT2D eigenvalue weighted by molar-refractivity contribution is 7.16. The van der Waals surface area contributed by atoms with Crippen LogP contribution in [0.25, 0.3) is 11.3 Å². The summed E-state index contributed by atoms with van der Waals surface area (Å²) >= 11 is 1.59. The SMILES string of the molecule is Fc1cnc(Nc2nc3c(s2)CCN(CC2CCC2)c2[nH]ncc2-3)nc1. The van der Waals surface area contributed by atoms with Gasteiger partial charge in [-0.3, -0.25) is 5.10 Å². The van der Waals surface area contributed by atoms with E-state index in [-0.39, 0.29) is 0 Å². The van der Waals surface area contributed by atoms with Gasteiger partial charge in [0.05, 0.1) is 29.8 Å². The van der Waals surface area contributed by atoms with Crippen LogP contribution >= 0.6 is 11.3 Å². The van der Waals surface area contributed by atoms with Gasteiger partial charge >= 0.3 is 0 Å². The highest BCUT2D eigenvalue weighted by Gasteiger charge is 2.28. The second kappa shape index (κ2) is 6.31. The van der Waals surface area contributed by atoms with Crippen LogP contribution < -0.4 is 10.2 Å². The summed E-state index contributed by atoms with van der Waals surface area (Å²) in [6.07, 6.45) is 9.07. The van der Waals surface area contributed by atoms with Crippen LogP contribution in [0.3, 0.4) is 0 Å². The number of hydrogen-bond acceptors (Lipinski definition) is 7. The summed E-state index contributed by atoms with van der Waals surface area (Å²) in [7, 11) is 0. The third-order valence-corrected chi connectivity index (χ3v) is 6.07. The Hall–Kier alpha value is -2.55. The summed E-state index contributed by atoms with van der Waals surface area (Å²) < 4.78 is 13.0. The van der Waals surface area contributed by atoms with E-state index in [1.807, 2.05) is 6.20 Å². The van der Waals surface area contributed by atoms with Crippen LogP contribution in [0.1, 0.15) is 24.1 Å². The monoisotopic (exact) mass is 371 g/mol. The molecular formula is C17H18FN7S. The van der Waals surface area contributed by atoms with Crippen LogP contribution in [-0.4, -0.2) is 38.2 Å². The maximum Gasteiger partial charge on any atom is 0.229 e. The smallest absolute Gasteiger partial charge is 0.229 e. The third kappa shape index (κ3) is 2.82. The molecule has 0 radical (unpaired) electrons. The first-order valence-electron chi connectivity index (χ1n) is 8.79. The van der Waals surface area contributed by atoms with Gasteiger partial charge < -0.3 is 10.2 Å². The fourth-order valence-electron chi connectivity index (χ4n) is 3.47. The topological polar surface area (TPSA) is 82.6 Å². The minimum absolute atomic E-state index is 0.342. The molecule has 1 aliphatic carbocycles. The van der Waals surface area contributed by atoms with Gasteiger partial charge in [-0.15, -0.1) is 11.3 Å². The normalized spacial score (nSPS) is 16.6. The summed E-state index contributed by atoms with van der Waals surface area (Å²) in [6.45, 7) is 2.03. The van der Waals surface area contributed by atoms with Gasteiger partial charge in [0.25, 0.3) is 0 Å². The predicted octanol–water partition coefficient (Wildman–Crippen LogP) is 3.37. The molecule has 5 rings (SSSR count). The van der Waals surface area contributed by atoms with Gasteiger partial charge in [-0.2, -0.15) is 5.10 Å². The number of thiazole rings is 1. The predicted molar refractivity (Wildman–Crippen MR) is 98.2 cm³/mol.